The third-order valence-corrected chi connectivity index (χ3v) is 3.36. The van der Waals surface area contributed by atoms with Gasteiger partial charge in [0.2, 0.25) is 0 Å². The van der Waals surface area contributed by atoms with Gasteiger partial charge in [-0.3, -0.25) is 0 Å². The number of ether oxygens (including phenoxy) is 1. The third-order valence-electron chi connectivity index (χ3n) is 3.05. The van der Waals surface area contributed by atoms with Crippen molar-refractivity contribution in [1.82, 2.24) is 0 Å². The molecule has 2 rings (SSSR count). The van der Waals surface area contributed by atoms with Crippen molar-refractivity contribution in [2.45, 2.75) is 27.4 Å². The highest BCUT2D eigenvalue weighted by Crippen LogP contribution is 2.25. The Balaban J connectivity index is 2.19. The minimum atomic E-state index is 0.557. The third kappa shape index (κ3) is 2.85. The fraction of sp³-hybridized carbons (Fsp3) is 0.250. The molecule has 0 fully saturated rings. The molecule has 2 aromatic carbocycles. The van der Waals surface area contributed by atoms with Crippen LogP contribution in [0.4, 0.5) is 0 Å². The Bertz CT molecular complexity index is 538. The first-order chi connectivity index (χ1) is 8.58. The summed E-state index contributed by atoms with van der Waals surface area (Å²) in [7, 11) is 0. The van der Waals surface area contributed by atoms with Crippen LogP contribution in [0.5, 0.6) is 5.75 Å². The van der Waals surface area contributed by atoms with Crippen molar-refractivity contribution < 1.29 is 4.74 Å². The maximum atomic E-state index is 6.07. The molecule has 0 N–H and O–H groups in total. The Kier molecular flexibility index (Phi) is 3.93. The number of halogens is 1. The Hall–Kier alpha value is -1.47. The predicted molar refractivity (Wildman–Crippen MR) is 76.4 cm³/mol. The highest BCUT2D eigenvalue weighted by molar-refractivity contribution is 6.32. The van der Waals surface area contributed by atoms with E-state index in [1.807, 2.05) is 24.3 Å². The summed E-state index contributed by atoms with van der Waals surface area (Å²) >= 11 is 6.07. The molecule has 0 saturated carbocycles. The molecule has 2 heteroatoms. The lowest BCUT2D eigenvalue weighted by Gasteiger charge is -2.13. The average Bonchev–Trinajstić information content (AvgIpc) is 2.30. The summed E-state index contributed by atoms with van der Waals surface area (Å²) in [5.41, 5.74) is 5.05. The molecule has 0 heterocycles. The molecule has 1 nitrogen and oxygen atoms in total. The molecule has 94 valence electrons. The van der Waals surface area contributed by atoms with Gasteiger partial charge in [-0.15, -0.1) is 0 Å². The van der Waals surface area contributed by atoms with Gasteiger partial charge in [0.25, 0.3) is 0 Å². The van der Waals surface area contributed by atoms with Gasteiger partial charge in [0, 0.05) is 0 Å². The molecule has 0 radical (unpaired) electrons. The van der Waals surface area contributed by atoms with Crippen LogP contribution < -0.4 is 4.74 Å². The first-order valence-electron chi connectivity index (χ1n) is 6.02. The normalized spacial score (nSPS) is 10.4. The Morgan fingerprint density at radius 1 is 1.00 bits per heavy atom. The molecule has 0 bridgehead atoms. The van der Waals surface area contributed by atoms with Crippen LogP contribution in [0.2, 0.25) is 5.02 Å². The van der Waals surface area contributed by atoms with Gasteiger partial charge in [0.05, 0.1) is 5.02 Å². The van der Waals surface area contributed by atoms with Crippen LogP contribution >= 0.6 is 11.6 Å². The van der Waals surface area contributed by atoms with Crippen LogP contribution in [0.3, 0.4) is 0 Å². The molecular weight excluding hydrogens is 244 g/mol. The first-order valence-corrected chi connectivity index (χ1v) is 6.40. The van der Waals surface area contributed by atoms with Crippen molar-refractivity contribution in [2.24, 2.45) is 0 Å². The van der Waals surface area contributed by atoms with Gasteiger partial charge < -0.3 is 4.74 Å². The molecule has 0 saturated heterocycles. The standard InChI is InChI=1S/C16H17ClO/c1-11-8-12(2)14(13(3)9-11)10-18-16-7-5-4-6-15(16)17/h4-9H,10H2,1-3H3. The molecule has 0 spiro atoms. The van der Waals surface area contributed by atoms with Crippen LogP contribution in [0.1, 0.15) is 22.3 Å². The van der Waals surface area contributed by atoms with E-state index in [4.69, 9.17) is 16.3 Å². The second kappa shape index (κ2) is 5.45. The Morgan fingerprint density at radius 2 is 1.61 bits per heavy atom. The summed E-state index contributed by atoms with van der Waals surface area (Å²) in [5, 5.41) is 0.653. The smallest absolute Gasteiger partial charge is 0.138 e. The van der Waals surface area contributed by atoms with E-state index in [1.54, 1.807) is 0 Å². The van der Waals surface area contributed by atoms with Crippen molar-refractivity contribution in [2.75, 3.05) is 0 Å². The number of aryl methyl sites for hydroxylation is 3. The van der Waals surface area contributed by atoms with E-state index in [1.165, 1.54) is 22.3 Å². The van der Waals surface area contributed by atoms with Gasteiger partial charge >= 0.3 is 0 Å². The second-order valence-corrected chi connectivity index (χ2v) is 5.00. The lowest BCUT2D eigenvalue weighted by Crippen LogP contribution is -2.01. The number of benzene rings is 2. The van der Waals surface area contributed by atoms with Crippen LogP contribution in [-0.2, 0) is 6.61 Å². The van der Waals surface area contributed by atoms with Crippen molar-refractivity contribution in [3.8, 4) is 5.75 Å². The van der Waals surface area contributed by atoms with Gasteiger partial charge in [-0.05, 0) is 49.6 Å². The van der Waals surface area contributed by atoms with Gasteiger partial charge in [-0.25, -0.2) is 0 Å². The minimum Gasteiger partial charge on any atom is -0.487 e. The molecule has 0 aliphatic heterocycles. The van der Waals surface area contributed by atoms with Gasteiger partial charge in [0.15, 0.2) is 0 Å². The maximum Gasteiger partial charge on any atom is 0.138 e. The minimum absolute atomic E-state index is 0.557. The molecule has 0 amide bonds. The van der Waals surface area contributed by atoms with Gasteiger partial charge in [-0.1, -0.05) is 41.4 Å². The SMILES string of the molecule is Cc1cc(C)c(COc2ccccc2Cl)c(C)c1. The summed E-state index contributed by atoms with van der Waals surface area (Å²) in [6.45, 7) is 6.90. The number of hydrogen-bond acceptors (Lipinski definition) is 1. The number of hydrogen-bond donors (Lipinski definition) is 0. The van der Waals surface area contributed by atoms with Crippen molar-refractivity contribution in [1.29, 1.82) is 0 Å². The van der Waals surface area contributed by atoms with Crippen LogP contribution in [0.25, 0.3) is 0 Å². The molecule has 0 unspecified atom stereocenters. The first kappa shape index (κ1) is 13.0. The monoisotopic (exact) mass is 260 g/mol. The summed E-state index contributed by atoms with van der Waals surface area (Å²) in [4.78, 5) is 0. The lowest BCUT2D eigenvalue weighted by molar-refractivity contribution is 0.305. The van der Waals surface area contributed by atoms with Gasteiger partial charge in [-0.2, -0.15) is 0 Å². The van der Waals surface area contributed by atoms with E-state index in [9.17, 15) is 0 Å². The molecule has 2 aromatic rings. The largest absolute Gasteiger partial charge is 0.487 e. The molecule has 18 heavy (non-hydrogen) atoms. The quantitative estimate of drug-likeness (QED) is 0.767. The second-order valence-electron chi connectivity index (χ2n) is 4.60. The zero-order valence-corrected chi connectivity index (χ0v) is 11.7. The fourth-order valence-corrected chi connectivity index (χ4v) is 2.34. The van der Waals surface area contributed by atoms with Crippen molar-refractivity contribution in [3.05, 3.63) is 63.7 Å². The molecule has 0 aromatic heterocycles. The van der Waals surface area contributed by atoms with E-state index in [0.717, 1.165) is 5.75 Å². The molecule has 0 aliphatic carbocycles. The van der Waals surface area contributed by atoms with Crippen LogP contribution in [0, 0.1) is 20.8 Å². The summed E-state index contributed by atoms with van der Waals surface area (Å²) < 4.78 is 5.79. The van der Waals surface area contributed by atoms with E-state index >= 15 is 0 Å². The molecule has 0 atom stereocenters. The fourth-order valence-electron chi connectivity index (χ4n) is 2.15. The average molecular weight is 261 g/mol. The topological polar surface area (TPSA) is 9.23 Å². The Labute approximate surface area is 113 Å². The van der Waals surface area contributed by atoms with E-state index in [0.29, 0.717) is 11.6 Å². The summed E-state index contributed by atoms with van der Waals surface area (Å²) in [6.07, 6.45) is 0. The lowest BCUT2D eigenvalue weighted by atomic mass is 10.0. The highest BCUT2D eigenvalue weighted by Gasteiger charge is 2.06. The van der Waals surface area contributed by atoms with E-state index < -0.39 is 0 Å². The number of rotatable bonds is 3. The summed E-state index contributed by atoms with van der Waals surface area (Å²) in [6, 6.07) is 11.9. The van der Waals surface area contributed by atoms with Crippen molar-refractivity contribution in [3.63, 3.8) is 0 Å². The van der Waals surface area contributed by atoms with Crippen LogP contribution in [0.15, 0.2) is 36.4 Å². The van der Waals surface area contributed by atoms with E-state index in [2.05, 4.69) is 32.9 Å². The zero-order valence-electron chi connectivity index (χ0n) is 11.0. The maximum absolute atomic E-state index is 6.07. The van der Waals surface area contributed by atoms with Gasteiger partial charge in [0.1, 0.15) is 12.4 Å². The zero-order chi connectivity index (χ0) is 13.1. The Morgan fingerprint density at radius 3 is 2.22 bits per heavy atom. The van der Waals surface area contributed by atoms with Crippen molar-refractivity contribution >= 4 is 11.6 Å². The van der Waals surface area contributed by atoms with Crippen LogP contribution in [-0.4, -0.2) is 0 Å². The summed E-state index contributed by atoms with van der Waals surface area (Å²) in [5.74, 6) is 0.735. The molecular formula is C16H17ClO. The predicted octanol–water partition coefficient (Wildman–Crippen LogP) is 4.84. The number of para-hydroxylation sites is 1. The van der Waals surface area contributed by atoms with E-state index in [-0.39, 0.29) is 0 Å². The highest BCUT2D eigenvalue weighted by atomic mass is 35.5. The molecule has 0 aliphatic rings.